The highest BCUT2D eigenvalue weighted by atomic mass is 16.4. The first kappa shape index (κ1) is 20.5. The maximum atomic E-state index is 12.7. The molecule has 5 rings (SSSR count). The van der Waals surface area contributed by atoms with Crippen LogP contribution in [0.5, 0.6) is 0 Å². The Hall–Kier alpha value is -3.45. The van der Waals surface area contributed by atoms with Gasteiger partial charge in [0.15, 0.2) is 5.69 Å². The number of carboxylic acid groups (broad SMARTS) is 1. The van der Waals surface area contributed by atoms with Crippen LogP contribution >= 0.6 is 0 Å². The third-order valence-electron chi connectivity index (χ3n) is 6.65. The number of nitrogens with one attached hydrogen (secondary N) is 1. The van der Waals surface area contributed by atoms with E-state index in [4.69, 9.17) is 5.11 Å². The van der Waals surface area contributed by atoms with Crippen LogP contribution in [0.3, 0.4) is 0 Å². The zero-order chi connectivity index (χ0) is 22.1. The third-order valence-corrected chi connectivity index (χ3v) is 6.65. The van der Waals surface area contributed by atoms with Crippen molar-refractivity contribution in [2.45, 2.75) is 25.4 Å². The summed E-state index contributed by atoms with van der Waals surface area (Å²) in [5.41, 5.74) is 3.61. The Balaban J connectivity index is 1.14. The molecule has 2 N–H and O–H groups in total. The second-order valence-electron chi connectivity index (χ2n) is 8.77. The molecule has 32 heavy (non-hydrogen) atoms. The number of hydrogen-bond donors (Lipinski definition) is 2. The number of aromatic carboxylic acids is 1. The Bertz CT molecular complexity index is 1110. The number of aromatic nitrogens is 2. The normalized spacial score (nSPS) is 22.1. The van der Waals surface area contributed by atoms with Gasteiger partial charge in [0.05, 0.1) is 0 Å². The largest absolute Gasteiger partial charge is 0.476 e. The van der Waals surface area contributed by atoms with Gasteiger partial charge < -0.3 is 15.3 Å². The fourth-order valence-electron chi connectivity index (χ4n) is 5.07. The standard InChI is InChI=1S/C25H26N4O3/c30-24(31)23-9-10-29(27-23)25(32)28-15-20-12-22(13-21(20)16-28)26-14-17-5-4-8-19(11-17)18-6-2-1-3-7-18/h1-11,20-22,26H,12-16H2,(H,30,31)/t20-,21+,22+. The molecular weight excluding hydrogens is 404 g/mol. The smallest absolute Gasteiger partial charge is 0.356 e. The van der Waals surface area contributed by atoms with Gasteiger partial charge in [-0.25, -0.2) is 9.59 Å². The molecule has 1 aromatic heterocycles. The number of carboxylic acids is 1. The highest BCUT2D eigenvalue weighted by Crippen LogP contribution is 2.38. The van der Waals surface area contributed by atoms with Crippen molar-refractivity contribution in [2.75, 3.05) is 13.1 Å². The van der Waals surface area contributed by atoms with Gasteiger partial charge in [0.25, 0.3) is 0 Å². The second-order valence-corrected chi connectivity index (χ2v) is 8.77. The number of rotatable bonds is 5. The Morgan fingerprint density at radius 3 is 2.38 bits per heavy atom. The van der Waals surface area contributed by atoms with Crippen LogP contribution in [0.25, 0.3) is 11.1 Å². The topological polar surface area (TPSA) is 87.5 Å². The fraction of sp³-hybridized carbons (Fsp3) is 0.320. The van der Waals surface area contributed by atoms with Crippen molar-refractivity contribution in [3.63, 3.8) is 0 Å². The Morgan fingerprint density at radius 2 is 1.69 bits per heavy atom. The van der Waals surface area contributed by atoms with Crippen molar-refractivity contribution in [1.82, 2.24) is 20.0 Å². The first-order valence-electron chi connectivity index (χ1n) is 11.0. The molecule has 1 aliphatic carbocycles. The minimum absolute atomic E-state index is 0.113. The third kappa shape index (κ3) is 4.16. The van der Waals surface area contributed by atoms with Gasteiger partial charge in [-0.05, 0) is 53.5 Å². The fourth-order valence-corrected chi connectivity index (χ4v) is 5.07. The molecule has 0 bridgehead atoms. The minimum Gasteiger partial charge on any atom is -0.476 e. The van der Waals surface area contributed by atoms with Crippen LogP contribution in [-0.4, -0.2) is 50.9 Å². The van der Waals surface area contributed by atoms with E-state index < -0.39 is 5.97 Å². The van der Waals surface area contributed by atoms with Crippen LogP contribution in [0.15, 0.2) is 66.9 Å². The van der Waals surface area contributed by atoms with E-state index in [0.717, 1.165) is 24.1 Å². The molecular formula is C25H26N4O3. The van der Waals surface area contributed by atoms with Gasteiger partial charge in [0.1, 0.15) is 0 Å². The van der Waals surface area contributed by atoms with E-state index in [9.17, 15) is 9.59 Å². The van der Waals surface area contributed by atoms with Gasteiger partial charge in [0, 0.05) is 31.9 Å². The molecule has 7 heteroatoms. The molecule has 3 aromatic rings. The lowest BCUT2D eigenvalue weighted by Gasteiger charge is -2.19. The zero-order valence-corrected chi connectivity index (χ0v) is 17.7. The lowest BCUT2D eigenvalue weighted by molar-refractivity contribution is 0.0690. The van der Waals surface area contributed by atoms with E-state index in [0.29, 0.717) is 31.0 Å². The highest BCUT2D eigenvalue weighted by Gasteiger charge is 2.42. The lowest BCUT2D eigenvalue weighted by atomic mass is 10.0. The van der Waals surface area contributed by atoms with Crippen molar-refractivity contribution >= 4 is 12.0 Å². The second kappa shape index (κ2) is 8.59. The van der Waals surface area contributed by atoms with E-state index >= 15 is 0 Å². The van der Waals surface area contributed by atoms with Crippen LogP contribution in [0.4, 0.5) is 4.79 Å². The molecule has 164 valence electrons. The molecule has 1 amide bonds. The summed E-state index contributed by atoms with van der Waals surface area (Å²) in [7, 11) is 0. The maximum Gasteiger partial charge on any atom is 0.356 e. The van der Waals surface area contributed by atoms with Crippen LogP contribution in [-0.2, 0) is 6.54 Å². The zero-order valence-electron chi connectivity index (χ0n) is 17.7. The molecule has 2 aliphatic rings. The molecule has 2 heterocycles. The molecule has 1 aliphatic heterocycles. The number of benzene rings is 2. The first-order valence-corrected chi connectivity index (χ1v) is 11.0. The highest BCUT2D eigenvalue weighted by molar-refractivity contribution is 5.86. The molecule has 2 fully saturated rings. The summed E-state index contributed by atoms with van der Waals surface area (Å²) >= 11 is 0. The lowest BCUT2D eigenvalue weighted by Crippen LogP contribution is -2.35. The van der Waals surface area contributed by atoms with Gasteiger partial charge in [-0.2, -0.15) is 9.78 Å². The predicted molar refractivity (Wildman–Crippen MR) is 120 cm³/mol. The van der Waals surface area contributed by atoms with Gasteiger partial charge in [0.2, 0.25) is 0 Å². The van der Waals surface area contributed by atoms with Gasteiger partial charge in [-0.15, -0.1) is 0 Å². The Kier molecular flexibility index (Phi) is 5.49. The van der Waals surface area contributed by atoms with E-state index in [1.165, 1.54) is 29.0 Å². The number of nitrogens with zero attached hydrogens (tertiary/aromatic N) is 3. The molecule has 1 saturated heterocycles. The summed E-state index contributed by atoms with van der Waals surface area (Å²) in [5.74, 6) is -0.179. The minimum atomic E-state index is -1.13. The summed E-state index contributed by atoms with van der Waals surface area (Å²) < 4.78 is 1.14. The summed E-state index contributed by atoms with van der Waals surface area (Å²) in [5, 5.41) is 16.6. The van der Waals surface area contributed by atoms with Crippen molar-refractivity contribution in [3.8, 4) is 11.1 Å². The average molecular weight is 431 g/mol. The SMILES string of the molecule is O=C(O)c1ccn(C(=O)N2C[C@H]3C[C@H](NCc4cccc(-c5ccccc5)c4)C[C@H]3C2)n1. The van der Waals surface area contributed by atoms with Crippen LogP contribution in [0.1, 0.15) is 28.9 Å². The van der Waals surface area contributed by atoms with E-state index in [1.54, 1.807) is 4.90 Å². The van der Waals surface area contributed by atoms with E-state index in [2.05, 4.69) is 58.9 Å². The molecule has 0 unspecified atom stereocenters. The molecule has 0 radical (unpaired) electrons. The number of fused-ring (bicyclic) bond motifs is 1. The molecule has 7 nitrogen and oxygen atoms in total. The Morgan fingerprint density at radius 1 is 0.969 bits per heavy atom. The maximum absolute atomic E-state index is 12.7. The van der Waals surface area contributed by atoms with E-state index in [1.807, 2.05) is 6.07 Å². The van der Waals surface area contributed by atoms with E-state index in [-0.39, 0.29) is 11.7 Å². The van der Waals surface area contributed by atoms with Crippen molar-refractivity contribution < 1.29 is 14.7 Å². The number of hydrogen-bond acceptors (Lipinski definition) is 4. The van der Waals surface area contributed by atoms with Gasteiger partial charge in [-0.3, -0.25) is 0 Å². The molecule has 1 saturated carbocycles. The van der Waals surface area contributed by atoms with Crippen molar-refractivity contribution in [2.24, 2.45) is 11.8 Å². The summed E-state index contributed by atoms with van der Waals surface area (Å²) in [6, 6.07) is 20.6. The number of likely N-dealkylation sites (tertiary alicyclic amines) is 1. The van der Waals surface area contributed by atoms with Crippen LogP contribution in [0, 0.1) is 11.8 Å². The summed E-state index contributed by atoms with van der Waals surface area (Å²) in [6.45, 7) is 2.24. The van der Waals surface area contributed by atoms with Crippen LogP contribution < -0.4 is 5.32 Å². The monoisotopic (exact) mass is 430 g/mol. The number of carbonyl (C=O) groups is 2. The predicted octanol–water partition coefficient (Wildman–Crippen LogP) is 3.72. The molecule has 3 atom stereocenters. The number of amides is 1. The molecule has 2 aromatic carbocycles. The first-order chi connectivity index (χ1) is 15.6. The Labute approximate surface area is 186 Å². The summed E-state index contributed by atoms with van der Waals surface area (Å²) in [6.07, 6.45) is 3.52. The number of carbonyl (C=O) groups excluding carboxylic acids is 1. The molecule has 0 spiro atoms. The van der Waals surface area contributed by atoms with Gasteiger partial charge in [-0.1, -0.05) is 48.5 Å². The quantitative estimate of drug-likeness (QED) is 0.644. The summed E-state index contributed by atoms with van der Waals surface area (Å²) in [4.78, 5) is 25.5. The van der Waals surface area contributed by atoms with Crippen molar-refractivity contribution in [3.05, 3.63) is 78.1 Å². The van der Waals surface area contributed by atoms with Crippen LogP contribution in [0.2, 0.25) is 0 Å². The van der Waals surface area contributed by atoms with Gasteiger partial charge >= 0.3 is 12.0 Å². The average Bonchev–Trinajstić information content (AvgIpc) is 3.53. The van der Waals surface area contributed by atoms with Crippen molar-refractivity contribution in [1.29, 1.82) is 0 Å².